The zero-order chi connectivity index (χ0) is 17.8. The number of nitrogens with zero attached hydrogens (tertiary/aromatic N) is 3. The van der Waals surface area contributed by atoms with E-state index < -0.39 is 5.97 Å². The predicted molar refractivity (Wildman–Crippen MR) is 90.7 cm³/mol. The smallest absolute Gasteiger partial charge is 0.306 e. The van der Waals surface area contributed by atoms with Crippen LogP contribution in [-0.4, -0.2) is 41.2 Å². The maximum absolute atomic E-state index is 14.1. The van der Waals surface area contributed by atoms with Gasteiger partial charge in [0.05, 0.1) is 23.8 Å². The molecule has 0 unspecified atom stereocenters. The Labute approximate surface area is 145 Å². The van der Waals surface area contributed by atoms with E-state index in [-0.39, 0.29) is 11.7 Å². The van der Waals surface area contributed by atoms with Crippen LogP contribution in [-0.2, 0) is 16.1 Å². The second-order valence-electron chi connectivity index (χ2n) is 6.05. The Kier molecular flexibility index (Phi) is 5.23. The Morgan fingerprint density at radius 2 is 2.04 bits per heavy atom. The molecule has 1 fully saturated rings. The molecule has 1 aliphatic heterocycles. The van der Waals surface area contributed by atoms with Gasteiger partial charge in [-0.1, -0.05) is 12.1 Å². The third-order valence-corrected chi connectivity index (χ3v) is 4.34. The quantitative estimate of drug-likeness (QED) is 0.898. The number of carboxylic acids is 1. The molecule has 1 aromatic carbocycles. The summed E-state index contributed by atoms with van der Waals surface area (Å²) in [7, 11) is 1.57. The van der Waals surface area contributed by atoms with Crippen molar-refractivity contribution < 1.29 is 19.0 Å². The van der Waals surface area contributed by atoms with Crippen LogP contribution >= 0.6 is 0 Å². The average Bonchev–Trinajstić information content (AvgIpc) is 2.62. The van der Waals surface area contributed by atoms with Crippen molar-refractivity contribution in [1.82, 2.24) is 9.97 Å². The summed E-state index contributed by atoms with van der Waals surface area (Å²) >= 11 is 0. The molecule has 3 rings (SSSR count). The van der Waals surface area contributed by atoms with E-state index in [1.165, 1.54) is 6.07 Å². The highest BCUT2D eigenvalue weighted by atomic mass is 19.1. The molecule has 0 bridgehead atoms. The highest BCUT2D eigenvalue weighted by molar-refractivity contribution is 5.70. The van der Waals surface area contributed by atoms with E-state index in [9.17, 15) is 9.18 Å². The molecule has 7 heteroatoms. The fourth-order valence-electron chi connectivity index (χ4n) is 2.99. The highest BCUT2D eigenvalue weighted by Gasteiger charge is 2.26. The van der Waals surface area contributed by atoms with Gasteiger partial charge in [-0.2, -0.15) is 0 Å². The maximum Gasteiger partial charge on any atom is 0.306 e. The zero-order valence-corrected chi connectivity index (χ0v) is 14.0. The van der Waals surface area contributed by atoms with Crippen molar-refractivity contribution >= 4 is 11.8 Å². The molecular formula is C18H20FN3O3. The zero-order valence-electron chi connectivity index (χ0n) is 14.0. The van der Waals surface area contributed by atoms with Crippen molar-refractivity contribution in [1.29, 1.82) is 0 Å². The van der Waals surface area contributed by atoms with Crippen molar-refractivity contribution in [3.05, 3.63) is 41.8 Å². The van der Waals surface area contributed by atoms with E-state index in [1.54, 1.807) is 25.3 Å². The highest BCUT2D eigenvalue weighted by Crippen LogP contribution is 2.26. The number of aliphatic carboxylic acids is 1. The summed E-state index contributed by atoms with van der Waals surface area (Å²) in [5, 5.41) is 9.13. The van der Waals surface area contributed by atoms with Gasteiger partial charge >= 0.3 is 5.97 Å². The van der Waals surface area contributed by atoms with Gasteiger partial charge in [-0.3, -0.25) is 4.79 Å². The molecule has 2 heterocycles. The van der Waals surface area contributed by atoms with E-state index in [1.807, 2.05) is 11.0 Å². The van der Waals surface area contributed by atoms with Gasteiger partial charge < -0.3 is 14.7 Å². The number of methoxy groups -OCH3 is 1. The van der Waals surface area contributed by atoms with Crippen LogP contribution in [0.4, 0.5) is 10.2 Å². The lowest BCUT2D eigenvalue weighted by atomic mass is 9.97. The molecule has 2 aromatic rings. The van der Waals surface area contributed by atoms with Gasteiger partial charge in [0.15, 0.2) is 5.82 Å². The van der Waals surface area contributed by atoms with Gasteiger partial charge in [0.2, 0.25) is 0 Å². The number of benzene rings is 1. The number of anilines is 1. The number of rotatable bonds is 5. The standard InChI is InChI=1S/C18H20FN3O3/c1-25-11-13-10-16(22-8-6-12(7-9-22)18(23)24)21-17(20-13)14-4-2-3-5-15(14)19/h2-5,10,12H,6-9,11H2,1H3,(H,23,24). The summed E-state index contributed by atoms with van der Waals surface area (Å²) < 4.78 is 19.3. The number of ether oxygens (including phenoxy) is 1. The maximum atomic E-state index is 14.1. The molecule has 1 aromatic heterocycles. The number of halogens is 1. The second-order valence-corrected chi connectivity index (χ2v) is 6.05. The number of carboxylic acid groups (broad SMARTS) is 1. The van der Waals surface area contributed by atoms with Crippen LogP contribution in [0.3, 0.4) is 0 Å². The molecule has 1 saturated heterocycles. The first-order valence-electron chi connectivity index (χ1n) is 8.18. The Bertz CT molecular complexity index is 761. The SMILES string of the molecule is COCc1cc(N2CCC(C(=O)O)CC2)nc(-c2ccccc2F)n1. The first kappa shape index (κ1) is 17.3. The van der Waals surface area contributed by atoms with Crippen molar-refractivity contribution in [2.75, 3.05) is 25.1 Å². The molecule has 6 nitrogen and oxygen atoms in total. The minimum atomic E-state index is -0.755. The van der Waals surface area contributed by atoms with E-state index in [0.717, 1.165) is 0 Å². The monoisotopic (exact) mass is 345 g/mol. The number of piperidine rings is 1. The summed E-state index contributed by atoms with van der Waals surface area (Å²) in [5.74, 6) is -0.475. The fraction of sp³-hybridized carbons (Fsp3) is 0.389. The third kappa shape index (κ3) is 3.93. The summed E-state index contributed by atoms with van der Waals surface area (Å²) in [6.45, 7) is 1.48. The number of hydrogen-bond donors (Lipinski definition) is 1. The van der Waals surface area contributed by atoms with E-state index in [2.05, 4.69) is 9.97 Å². The molecule has 0 spiro atoms. The molecule has 0 radical (unpaired) electrons. The number of aromatic nitrogens is 2. The number of carbonyl (C=O) groups is 1. The lowest BCUT2D eigenvalue weighted by molar-refractivity contribution is -0.142. The molecule has 0 amide bonds. The topological polar surface area (TPSA) is 75.5 Å². The second kappa shape index (κ2) is 7.57. The van der Waals surface area contributed by atoms with Gasteiger partial charge in [0.1, 0.15) is 11.6 Å². The Balaban J connectivity index is 1.92. The van der Waals surface area contributed by atoms with Crippen LogP contribution in [0.2, 0.25) is 0 Å². The summed E-state index contributed by atoms with van der Waals surface area (Å²) in [6, 6.07) is 8.19. The van der Waals surface area contributed by atoms with E-state index >= 15 is 0 Å². The molecule has 0 saturated carbocycles. The normalized spacial score (nSPS) is 15.4. The van der Waals surface area contributed by atoms with Crippen LogP contribution in [0.15, 0.2) is 30.3 Å². The summed E-state index contributed by atoms with van der Waals surface area (Å²) in [6.07, 6.45) is 1.13. The van der Waals surface area contributed by atoms with Crippen LogP contribution in [0.25, 0.3) is 11.4 Å². The average molecular weight is 345 g/mol. The minimum Gasteiger partial charge on any atom is -0.481 e. The van der Waals surface area contributed by atoms with Crippen LogP contribution < -0.4 is 4.90 Å². The van der Waals surface area contributed by atoms with Crippen molar-refractivity contribution in [2.24, 2.45) is 5.92 Å². The largest absolute Gasteiger partial charge is 0.481 e. The van der Waals surface area contributed by atoms with Crippen LogP contribution in [0.1, 0.15) is 18.5 Å². The van der Waals surface area contributed by atoms with Gasteiger partial charge in [-0.05, 0) is 25.0 Å². The summed E-state index contributed by atoms with van der Waals surface area (Å²) in [4.78, 5) is 22.0. The lowest BCUT2D eigenvalue weighted by Crippen LogP contribution is -2.37. The number of hydrogen-bond acceptors (Lipinski definition) is 5. The van der Waals surface area contributed by atoms with Crippen LogP contribution in [0, 0.1) is 11.7 Å². The molecule has 0 atom stereocenters. The third-order valence-electron chi connectivity index (χ3n) is 4.34. The molecule has 0 aliphatic carbocycles. The predicted octanol–water partition coefficient (Wildman–Crippen LogP) is 2.73. The van der Waals surface area contributed by atoms with Crippen molar-refractivity contribution in [2.45, 2.75) is 19.4 Å². The van der Waals surface area contributed by atoms with Crippen molar-refractivity contribution in [3.63, 3.8) is 0 Å². The first-order valence-corrected chi connectivity index (χ1v) is 8.18. The lowest BCUT2D eigenvalue weighted by Gasteiger charge is -2.31. The van der Waals surface area contributed by atoms with Gasteiger partial charge in [-0.15, -0.1) is 0 Å². The van der Waals surface area contributed by atoms with E-state index in [0.29, 0.717) is 55.4 Å². The fourth-order valence-corrected chi connectivity index (χ4v) is 2.99. The Hall–Kier alpha value is -2.54. The minimum absolute atomic E-state index is 0.294. The van der Waals surface area contributed by atoms with Crippen molar-refractivity contribution in [3.8, 4) is 11.4 Å². The Morgan fingerprint density at radius 3 is 2.68 bits per heavy atom. The van der Waals surface area contributed by atoms with Gasteiger partial charge in [0, 0.05) is 26.3 Å². The molecule has 1 N–H and O–H groups in total. The first-order chi connectivity index (χ1) is 12.1. The van der Waals surface area contributed by atoms with Gasteiger partial charge in [0.25, 0.3) is 0 Å². The molecule has 132 valence electrons. The molecular weight excluding hydrogens is 325 g/mol. The molecule has 25 heavy (non-hydrogen) atoms. The Morgan fingerprint density at radius 1 is 1.32 bits per heavy atom. The van der Waals surface area contributed by atoms with Crippen LogP contribution in [0.5, 0.6) is 0 Å². The van der Waals surface area contributed by atoms with E-state index in [4.69, 9.17) is 9.84 Å². The van der Waals surface area contributed by atoms with Gasteiger partial charge in [-0.25, -0.2) is 14.4 Å². The molecule has 1 aliphatic rings. The summed E-state index contributed by atoms with van der Waals surface area (Å²) in [5.41, 5.74) is 0.994.